The van der Waals surface area contributed by atoms with E-state index in [0.717, 1.165) is 13.0 Å². The van der Waals surface area contributed by atoms with E-state index in [1.165, 1.54) is 12.8 Å². The van der Waals surface area contributed by atoms with E-state index >= 15 is 0 Å². The fraction of sp³-hybridized carbons (Fsp3) is 1.00. The van der Waals surface area contributed by atoms with Gasteiger partial charge in [-0.15, -0.1) is 0 Å². The van der Waals surface area contributed by atoms with Crippen molar-refractivity contribution >= 4 is 0 Å². The molecule has 0 amide bonds. The van der Waals surface area contributed by atoms with Gasteiger partial charge in [-0.1, -0.05) is 20.3 Å². The smallest absolute Gasteiger partial charge is 0.0618 e. The summed E-state index contributed by atoms with van der Waals surface area (Å²) in [6, 6.07) is 0. The van der Waals surface area contributed by atoms with Crippen LogP contribution in [-0.2, 0) is 9.47 Å². The minimum absolute atomic E-state index is 0.366. The van der Waals surface area contributed by atoms with E-state index in [9.17, 15) is 0 Å². The van der Waals surface area contributed by atoms with Crippen LogP contribution in [-0.4, -0.2) is 26.9 Å². The van der Waals surface area contributed by atoms with Crippen LogP contribution in [0.1, 0.15) is 33.1 Å². The maximum absolute atomic E-state index is 5.39. The molecule has 12 heavy (non-hydrogen) atoms. The quantitative estimate of drug-likeness (QED) is 0.590. The molecule has 0 aromatic rings. The van der Waals surface area contributed by atoms with Gasteiger partial charge in [0, 0.05) is 20.1 Å². The van der Waals surface area contributed by atoms with Crippen molar-refractivity contribution in [2.75, 3.05) is 20.8 Å². The molecule has 0 spiro atoms. The van der Waals surface area contributed by atoms with Crippen LogP contribution in [0.15, 0.2) is 0 Å². The highest BCUT2D eigenvalue weighted by molar-refractivity contribution is 4.67. The largest absolute Gasteiger partial charge is 0.384 e. The maximum Gasteiger partial charge on any atom is 0.0618 e. The summed E-state index contributed by atoms with van der Waals surface area (Å²) in [6.45, 7) is 5.18. The topological polar surface area (TPSA) is 18.5 Å². The Labute approximate surface area is 76.3 Å². The van der Waals surface area contributed by atoms with Crippen molar-refractivity contribution in [3.63, 3.8) is 0 Å². The van der Waals surface area contributed by atoms with Crippen LogP contribution in [0, 0.1) is 5.92 Å². The second kappa shape index (κ2) is 7.56. The Morgan fingerprint density at radius 1 is 1.17 bits per heavy atom. The molecule has 0 aliphatic rings. The van der Waals surface area contributed by atoms with E-state index < -0.39 is 0 Å². The zero-order valence-electron chi connectivity index (χ0n) is 8.80. The van der Waals surface area contributed by atoms with Crippen molar-refractivity contribution in [2.45, 2.75) is 39.2 Å². The Kier molecular flexibility index (Phi) is 7.51. The van der Waals surface area contributed by atoms with Crippen LogP contribution in [0.25, 0.3) is 0 Å². The Morgan fingerprint density at radius 3 is 2.17 bits per heavy atom. The minimum atomic E-state index is 0.366. The van der Waals surface area contributed by atoms with Gasteiger partial charge in [0.15, 0.2) is 0 Å². The van der Waals surface area contributed by atoms with Crippen molar-refractivity contribution in [1.82, 2.24) is 0 Å². The fourth-order valence-corrected chi connectivity index (χ4v) is 1.65. The maximum atomic E-state index is 5.39. The Balaban J connectivity index is 3.86. The van der Waals surface area contributed by atoms with Crippen molar-refractivity contribution < 1.29 is 9.47 Å². The first-order chi connectivity index (χ1) is 5.79. The van der Waals surface area contributed by atoms with Gasteiger partial charge in [-0.3, -0.25) is 0 Å². The van der Waals surface area contributed by atoms with Crippen LogP contribution in [0.5, 0.6) is 0 Å². The van der Waals surface area contributed by atoms with E-state index in [2.05, 4.69) is 13.8 Å². The Bertz CT molecular complexity index is 83.8. The summed E-state index contributed by atoms with van der Waals surface area (Å²) in [4.78, 5) is 0. The SMILES string of the molecule is CCCC(COC)C(CC)OC. The van der Waals surface area contributed by atoms with Gasteiger partial charge >= 0.3 is 0 Å². The second-order valence-electron chi connectivity index (χ2n) is 3.19. The molecule has 2 unspecified atom stereocenters. The lowest BCUT2D eigenvalue weighted by Crippen LogP contribution is -2.25. The van der Waals surface area contributed by atoms with Crippen molar-refractivity contribution in [3.05, 3.63) is 0 Å². The molecular formula is C10H22O2. The van der Waals surface area contributed by atoms with E-state index in [-0.39, 0.29) is 0 Å². The zero-order valence-corrected chi connectivity index (χ0v) is 8.80. The van der Waals surface area contributed by atoms with Gasteiger partial charge in [0.1, 0.15) is 0 Å². The third-order valence-electron chi connectivity index (χ3n) is 2.27. The molecule has 0 saturated carbocycles. The number of hydrogen-bond donors (Lipinski definition) is 0. The number of hydrogen-bond acceptors (Lipinski definition) is 2. The highest BCUT2D eigenvalue weighted by atomic mass is 16.5. The predicted molar refractivity (Wildman–Crippen MR) is 51.4 cm³/mol. The molecule has 0 aromatic carbocycles. The highest BCUT2D eigenvalue weighted by Crippen LogP contribution is 2.17. The van der Waals surface area contributed by atoms with Crippen LogP contribution in [0.4, 0.5) is 0 Å². The summed E-state index contributed by atoms with van der Waals surface area (Å²) in [6.07, 6.45) is 3.84. The van der Waals surface area contributed by atoms with E-state index in [1.54, 1.807) is 14.2 Å². The standard InChI is InChI=1S/C10H22O2/c1-5-7-9(8-11-3)10(6-2)12-4/h9-10H,5-8H2,1-4H3. The molecule has 0 fully saturated rings. The number of ether oxygens (including phenoxy) is 2. The first-order valence-electron chi connectivity index (χ1n) is 4.81. The van der Waals surface area contributed by atoms with Crippen molar-refractivity contribution in [1.29, 1.82) is 0 Å². The summed E-state index contributed by atoms with van der Waals surface area (Å²) in [5.74, 6) is 0.565. The van der Waals surface area contributed by atoms with Crippen LogP contribution >= 0.6 is 0 Å². The molecule has 2 heteroatoms. The molecule has 0 bridgehead atoms. The average molecular weight is 174 g/mol. The van der Waals surface area contributed by atoms with Gasteiger partial charge in [0.05, 0.1) is 12.7 Å². The molecule has 0 rings (SSSR count). The lowest BCUT2D eigenvalue weighted by molar-refractivity contribution is 0.00858. The molecule has 0 aliphatic carbocycles. The van der Waals surface area contributed by atoms with Crippen molar-refractivity contribution in [3.8, 4) is 0 Å². The molecule has 0 radical (unpaired) electrons. The summed E-state index contributed by atoms with van der Waals surface area (Å²) in [7, 11) is 3.54. The molecule has 0 aliphatic heterocycles. The van der Waals surface area contributed by atoms with Gasteiger partial charge in [-0.25, -0.2) is 0 Å². The molecule has 2 atom stereocenters. The Morgan fingerprint density at radius 2 is 1.83 bits per heavy atom. The lowest BCUT2D eigenvalue weighted by atomic mass is 9.96. The predicted octanol–water partition coefficient (Wildman–Crippen LogP) is 2.47. The average Bonchev–Trinajstić information content (AvgIpc) is 2.07. The highest BCUT2D eigenvalue weighted by Gasteiger charge is 2.18. The normalized spacial score (nSPS) is 16.0. The Hall–Kier alpha value is -0.0800. The second-order valence-corrected chi connectivity index (χ2v) is 3.19. The van der Waals surface area contributed by atoms with Crippen molar-refractivity contribution in [2.24, 2.45) is 5.92 Å². The van der Waals surface area contributed by atoms with Gasteiger partial charge in [0.2, 0.25) is 0 Å². The van der Waals surface area contributed by atoms with Crippen LogP contribution in [0.3, 0.4) is 0 Å². The van der Waals surface area contributed by atoms with Gasteiger partial charge in [-0.2, -0.15) is 0 Å². The first kappa shape index (κ1) is 11.9. The number of rotatable bonds is 7. The molecule has 0 heterocycles. The molecule has 0 N–H and O–H groups in total. The molecule has 0 saturated heterocycles. The zero-order chi connectivity index (χ0) is 9.40. The molecule has 2 nitrogen and oxygen atoms in total. The monoisotopic (exact) mass is 174 g/mol. The summed E-state index contributed by atoms with van der Waals surface area (Å²) in [5, 5.41) is 0. The first-order valence-corrected chi connectivity index (χ1v) is 4.81. The fourth-order valence-electron chi connectivity index (χ4n) is 1.65. The van der Waals surface area contributed by atoms with Gasteiger partial charge in [-0.05, 0) is 12.8 Å². The summed E-state index contributed by atoms with van der Waals surface area (Å²) in [5.41, 5.74) is 0. The lowest BCUT2D eigenvalue weighted by Gasteiger charge is -2.23. The van der Waals surface area contributed by atoms with Gasteiger partial charge in [0.25, 0.3) is 0 Å². The van der Waals surface area contributed by atoms with Crippen LogP contribution < -0.4 is 0 Å². The third kappa shape index (κ3) is 4.07. The summed E-state index contributed by atoms with van der Waals surface area (Å²) >= 11 is 0. The molecule has 74 valence electrons. The van der Waals surface area contributed by atoms with Crippen LogP contribution in [0.2, 0.25) is 0 Å². The third-order valence-corrected chi connectivity index (χ3v) is 2.27. The molecular weight excluding hydrogens is 152 g/mol. The van der Waals surface area contributed by atoms with E-state index in [4.69, 9.17) is 9.47 Å². The van der Waals surface area contributed by atoms with Gasteiger partial charge < -0.3 is 9.47 Å². The molecule has 0 aromatic heterocycles. The van der Waals surface area contributed by atoms with E-state index in [1.807, 2.05) is 0 Å². The summed E-state index contributed by atoms with van der Waals surface area (Å²) < 4.78 is 10.5. The minimum Gasteiger partial charge on any atom is -0.384 e. The number of methoxy groups -OCH3 is 2. The van der Waals surface area contributed by atoms with E-state index in [0.29, 0.717) is 12.0 Å².